The third-order valence-electron chi connectivity index (χ3n) is 3.84. The van der Waals surface area contributed by atoms with Gasteiger partial charge < -0.3 is 10.6 Å². The average molecular weight is 557 g/mol. The van der Waals surface area contributed by atoms with Crippen molar-refractivity contribution in [2.75, 3.05) is 13.6 Å². The molecule has 2 aromatic carbocycles. The van der Waals surface area contributed by atoms with E-state index in [1.165, 1.54) is 12.1 Å². The number of rotatable bonds is 7. The molecule has 6 nitrogen and oxygen atoms in total. The van der Waals surface area contributed by atoms with E-state index in [0.29, 0.717) is 29.1 Å². The van der Waals surface area contributed by atoms with Gasteiger partial charge >= 0.3 is 0 Å². The first-order chi connectivity index (χ1) is 12.8. The standard InChI is InChI=1S/C18H22Cl2N4O2S.HI/c1-22-18(23-9-3-5-14-7-8-15(19)11-17(14)20)24-12-13-4-2-6-16(10-13)27(21,25)26;/h2,4,6-8,10-11H,3,5,9,12H2,1H3,(H2,21,25,26)(H2,22,23,24);1H. The Balaban J connectivity index is 0.00000392. The van der Waals surface area contributed by atoms with Crippen LogP contribution in [0.5, 0.6) is 0 Å². The van der Waals surface area contributed by atoms with E-state index in [1.54, 1.807) is 19.2 Å². The summed E-state index contributed by atoms with van der Waals surface area (Å²) in [7, 11) is -2.04. The lowest BCUT2D eigenvalue weighted by Crippen LogP contribution is -2.37. The Morgan fingerprint density at radius 1 is 1.14 bits per heavy atom. The van der Waals surface area contributed by atoms with E-state index in [1.807, 2.05) is 18.2 Å². The molecule has 0 spiro atoms. The molecule has 0 radical (unpaired) electrons. The third-order valence-corrected chi connectivity index (χ3v) is 5.34. The summed E-state index contributed by atoms with van der Waals surface area (Å²) in [5, 5.41) is 12.8. The molecule has 0 atom stereocenters. The molecule has 0 aliphatic carbocycles. The zero-order chi connectivity index (χ0) is 19.9. The smallest absolute Gasteiger partial charge is 0.238 e. The van der Waals surface area contributed by atoms with E-state index in [2.05, 4.69) is 15.6 Å². The fourth-order valence-corrected chi connectivity index (χ4v) is 3.54. The second-order valence-corrected chi connectivity index (χ2v) is 8.29. The molecule has 0 unspecified atom stereocenters. The summed E-state index contributed by atoms with van der Waals surface area (Å²) >= 11 is 12.1. The van der Waals surface area contributed by atoms with Crippen molar-refractivity contribution < 1.29 is 8.42 Å². The summed E-state index contributed by atoms with van der Waals surface area (Å²) in [5.74, 6) is 0.623. The average Bonchev–Trinajstić information content (AvgIpc) is 2.62. The van der Waals surface area contributed by atoms with Crippen LogP contribution >= 0.6 is 47.2 Å². The molecule has 0 aliphatic rings. The van der Waals surface area contributed by atoms with Gasteiger partial charge in [-0.3, -0.25) is 4.99 Å². The highest BCUT2D eigenvalue weighted by Gasteiger charge is 2.08. The highest BCUT2D eigenvalue weighted by molar-refractivity contribution is 14.0. The van der Waals surface area contributed by atoms with Crippen molar-refractivity contribution in [3.63, 3.8) is 0 Å². The Kier molecular flexibility index (Phi) is 10.5. The van der Waals surface area contributed by atoms with E-state index in [9.17, 15) is 8.42 Å². The number of primary sulfonamides is 1. The van der Waals surface area contributed by atoms with Crippen LogP contribution < -0.4 is 15.8 Å². The Morgan fingerprint density at radius 3 is 2.54 bits per heavy atom. The van der Waals surface area contributed by atoms with Crippen LogP contribution in [-0.2, 0) is 23.0 Å². The minimum absolute atomic E-state index is 0. The molecule has 0 fully saturated rings. The van der Waals surface area contributed by atoms with Gasteiger partial charge in [-0.1, -0.05) is 41.4 Å². The number of nitrogens with one attached hydrogen (secondary N) is 2. The van der Waals surface area contributed by atoms with Crippen molar-refractivity contribution in [3.05, 3.63) is 63.6 Å². The number of aliphatic imine (C=N–C) groups is 1. The second-order valence-electron chi connectivity index (χ2n) is 5.88. The maximum atomic E-state index is 11.4. The van der Waals surface area contributed by atoms with Crippen molar-refractivity contribution >= 4 is 63.2 Å². The SMILES string of the molecule is CN=C(NCCCc1ccc(Cl)cc1Cl)NCc1cccc(S(N)(=O)=O)c1.I. The van der Waals surface area contributed by atoms with Gasteiger partial charge in [-0.2, -0.15) is 0 Å². The lowest BCUT2D eigenvalue weighted by molar-refractivity contribution is 0.597. The first-order valence-electron chi connectivity index (χ1n) is 8.30. The van der Waals surface area contributed by atoms with Crippen molar-refractivity contribution in [1.29, 1.82) is 0 Å². The first kappa shape index (κ1) is 25.0. The lowest BCUT2D eigenvalue weighted by atomic mass is 10.1. The minimum Gasteiger partial charge on any atom is -0.356 e. The van der Waals surface area contributed by atoms with Crippen molar-refractivity contribution in [1.82, 2.24) is 10.6 Å². The Bertz CT molecular complexity index is 924. The summed E-state index contributed by atoms with van der Waals surface area (Å²) in [6.45, 7) is 1.13. The number of sulfonamides is 1. The Labute approximate surface area is 193 Å². The first-order valence-corrected chi connectivity index (χ1v) is 10.6. The summed E-state index contributed by atoms with van der Waals surface area (Å²) in [6.07, 6.45) is 1.68. The number of guanidine groups is 1. The van der Waals surface area contributed by atoms with Crippen LogP contribution in [0.15, 0.2) is 52.4 Å². The van der Waals surface area contributed by atoms with Gasteiger partial charge in [0.15, 0.2) is 5.96 Å². The summed E-state index contributed by atoms with van der Waals surface area (Å²) < 4.78 is 22.8. The van der Waals surface area contributed by atoms with Gasteiger partial charge in [-0.25, -0.2) is 13.6 Å². The minimum atomic E-state index is -3.71. The van der Waals surface area contributed by atoms with Crippen molar-refractivity contribution in [3.8, 4) is 0 Å². The fraction of sp³-hybridized carbons (Fsp3) is 0.278. The lowest BCUT2D eigenvalue weighted by Gasteiger charge is -2.12. The number of halogens is 3. The van der Waals surface area contributed by atoms with E-state index in [0.717, 1.165) is 24.0 Å². The number of hydrogen-bond donors (Lipinski definition) is 3. The molecule has 0 heterocycles. The van der Waals surface area contributed by atoms with Crippen molar-refractivity contribution in [2.24, 2.45) is 10.1 Å². The number of nitrogens with two attached hydrogens (primary N) is 1. The van der Waals surface area contributed by atoms with E-state index in [-0.39, 0.29) is 28.9 Å². The van der Waals surface area contributed by atoms with Gasteiger partial charge in [0, 0.05) is 30.2 Å². The van der Waals surface area contributed by atoms with E-state index < -0.39 is 10.0 Å². The second kappa shape index (κ2) is 11.8. The number of nitrogens with zero attached hydrogens (tertiary/aromatic N) is 1. The van der Waals surface area contributed by atoms with Crippen LogP contribution in [0.4, 0.5) is 0 Å². The molecular formula is C18H23Cl2IN4O2S. The number of benzene rings is 2. The molecule has 0 saturated heterocycles. The summed E-state index contributed by atoms with van der Waals surface area (Å²) in [6, 6.07) is 12.0. The number of aryl methyl sites for hydroxylation is 1. The molecule has 154 valence electrons. The van der Waals surface area contributed by atoms with Gasteiger partial charge in [-0.05, 0) is 48.2 Å². The fourth-order valence-electron chi connectivity index (χ4n) is 2.45. The predicted octanol–water partition coefficient (Wildman–Crippen LogP) is 3.56. The van der Waals surface area contributed by atoms with Gasteiger partial charge in [0.1, 0.15) is 0 Å². The Hall–Kier alpha value is -1.07. The normalized spacial score (nSPS) is 11.6. The molecule has 0 aromatic heterocycles. The monoisotopic (exact) mass is 556 g/mol. The highest BCUT2D eigenvalue weighted by atomic mass is 127. The van der Waals surface area contributed by atoms with E-state index in [4.69, 9.17) is 28.3 Å². The van der Waals surface area contributed by atoms with Crippen LogP contribution in [0.1, 0.15) is 17.5 Å². The summed E-state index contributed by atoms with van der Waals surface area (Å²) in [4.78, 5) is 4.24. The topological polar surface area (TPSA) is 96.6 Å². The van der Waals surface area contributed by atoms with Crippen LogP contribution in [0, 0.1) is 0 Å². The van der Waals surface area contributed by atoms with Gasteiger partial charge in [0.05, 0.1) is 4.90 Å². The largest absolute Gasteiger partial charge is 0.356 e. The molecule has 2 rings (SSSR count). The molecule has 0 aliphatic heterocycles. The molecular weight excluding hydrogens is 534 g/mol. The molecule has 0 bridgehead atoms. The molecule has 0 saturated carbocycles. The maximum Gasteiger partial charge on any atom is 0.238 e. The van der Waals surface area contributed by atoms with Gasteiger partial charge in [0.25, 0.3) is 0 Å². The molecule has 10 heteroatoms. The predicted molar refractivity (Wildman–Crippen MR) is 126 cm³/mol. The zero-order valence-corrected chi connectivity index (χ0v) is 19.9. The Morgan fingerprint density at radius 2 is 1.89 bits per heavy atom. The van der Waals surface area contributed by atoms with Crippen LogP contribution in [0.25, 0.3) is 0 Å². The van der Waals surface area contributed by atoms with Gasteiger partial charge in [-0.15, -0.1) is 24.0 Å². The van der Waals surface area contributed by atoms with Crippen molar-refractivity contribution in [2.45, 2.75) is 24.3 Å². The molecule has 0 amide bonds. The maximum absolute atomic E-state index is 11.4. The van der Waals surface area contributed by atoms with Crippen LogP contribution in [0.3, 0.4) is 0 Å². The molecule has 2 aromatic rings. The highest BCUT2D eigenvalue weighted by Crippen LogP contribution is 2.21. The quantitative estimate of drug-likeness (QED) is 0.210. The number of hydrogen-bond acceptors (Lipinski definition) is 3. The van der Waals surface area contributed by atoms with Gasteiger partial charge in [0.2, 0.25) is 10.0 Å². The summed E-state index contributed by atoms with van der Waals surface area (Å²) in [5.41, 5.74) is 1.84. The van der Waals surface area contributed by atoms with E-state index >= 15 is 0 Å². The zero-order valence-electron chi connectivity index (χ0n) is 15.3. The third kappa shape index (κ3) is 8.12. The molecule has 4 N–H and O–H groups in total. The molecule has 28 heavy (non-hydrogen) atoms. The van der Waals surface area contributed by atoms with Crippen LogP contribution in [-0.4, -0.2) is 28.0 Å². The van der Waals surface area contributed by atoms with Crippen LogP contribution in [0.2, 0.25) is 10.0 Å².